The Balaban J connectivity index is 1.67. The number of carbonyl (C=O) groups excluding carboxylic acids is 1. The average Bonchev–Trinajstić information content (AvgIpc) is 3.10. The van der Waals surface area contributed by atoms with Gasteiger partial charge in [0, 0.05) is 30.2 Å². The molecule has 2 unspecified atom stereocenters. The van der Waals surface area contributed by atoms with Gasteiger partial charge in [0.05, 0.1) is 16.9 Å². The first-order valence-corrected chi connectivity index (χ1v) is 8.28. The third-order valence-electron chi connectivity index (χ3n) is 4.25. The minimum Gasteiger partial charge on any atom is -0.352 e. The number of halogens is 2. The molecule has 2 aromatic carbocycles. The molecule has 0 aromatic heterocycles. The van der Waals surface area contributed by atoms with Gasteiger partial charge in [-0.15, -0.1) is 0 Å². The van der Waals surface area contributed by atoms with Gasteiger partial charge in [0.1, 0.15) is 5.82 Å². The average molecular weight is 379 g/mol. The molecule has 1 heterocycles. The molecule has 26 heavy (non-hydrogen) atoms. The summed E-state index contributed by atoms with van der Waals surface area (Å²) in [7, 11) is 0. The van der Waals surface area contributed by atoms with Gasteiger partial charge in [-0.3, -0.25) is 20.3 Å². The monoisotopic (exact) mass is 378 g/mol. The van der Waals surface area contributed by atoms with E-state index in [2.05, 4.69) is 16.2 Å². The molecule has 3 N–H and O–H groups in total. The molecule has 0 bridgehead atoms. The second kappa shape index (κ2) is 7.77. The highest BCUT2D eigenvalue weighted by atomic mass is 35.5. The van der Waals surface area contributed by atoms with Crippen molar-refractivity contribution in [3.63, 3.8) is 0 Å². The summed E-state index contributed by atoms with van der Waals surface area (Å²) in [5.74, 6) is -1.05. The summed E-state index contributed by atoms with van der Waals surface area (Å²) < 4.78 is 13.1. The molecule has 1 amide bonds. The minimum atomic E-state index is -0.471. The van der Waals surface area contributed by atoms with Gasteiger partial charge in [-0.2, -0.15) is 0 Å². The van der Waals surface area contributed by atoms with Gasteiger partial charge >= 0.3 is 0 Å². The molecule has 0 radical (unpaired) electrons. The maximum Gasteiger partial charge on any atom is 0.269 e. The molecule has 2 aromatic rings. The van der Waals surface area contributed by atoms with Gasteiger partial charge in [-0.25, -0.2) is 9.82 Å². The van der Waals surface area contributed by atoms with Gasteiger partial charge in [0.15, 0.2) is 0 Å². The summed E-state index contributed by atoms with van der Waals surface area (Å²) in [6, 6.07) is 9.74. The molecule has 0 aliphatic carbocycles. The first kappa shape index (κ1) is 18.2. The molecule has 2 atom stereocenters. The van der Waals surface area contributed by atoms with Crippen molar-refractivity contribution in [2.75, 3.05) is 6.54 Å². The fraction of sp³-hybridized carbons (Fsp3) is 0.235. The van der Waals surface area contributed by atoms with Gasteiger partial charge in [-0.1, -0.05) is 29.8 Å². The normalized spacial score (nSPS) is 19.3. The number of hydrogen-bond acceptors (Lipinski definition) is 5. The van der Waals surface area contributed by atoms with E-state index in [0.717, 1.165) is 5.56 Å². The van der Waals surface area contributed by atoms with Crippen LogP contribution in [0.2, 0.25) is 5.02 Å². The number of rotatable bonds is 5. The van der Waals surface area contributed by atoms with E-state index in [9.17, 15) is 19.3 Å². The smallest absolute Gasteiger partial charge is 0.269 e. The largest absolute Gasteiger partial charge is 0.352 e. The Morgan fingerprint density at radius 2 is 2.04 bits per heavy atom. The summed E-state index contributed by atoms with van der Waals surface area (Å²) >= 11 is 5.97. The lowest BCUT2D eigenvalue weighted by Gasteiger charge is -2.18. The zero-order valence-electron chi connectivity index (χ0n) is 13.5. The summed E-state index contributed by atoms with van der Waals surface area (Å²) in [5.41, 5.74) is 7.32. The number of amides is 1. The van der Waals surface area contributed by atoms with E-state index >= 15 is 0 Å². The van der Waals surface area contributed by atoms with Crippen LogP contribution < -0.4 is 16.2 Å². The zero-order valence-corrected chi connectivity index (χ0v) is 14.3. The Labute approximate surface area is 153 Å². The molecule has 3 rings (SSSR count). The lowest BCUT2D eigenvalue weighted by Crippen LogP contribution is -2.34. The molecule has 0 spiro atoms. The first-order chi connectivity index (χ1) is 12.5. The Kier molecular flexibility index (Phi) is 5.46. The number of non-ortho nitro benzene ring substituents is 1. The number of nitro benzene ring substituents is 1. The van der Waals surface area contributed by atoms with Crippen LogP contribution in [0.3, 0.4) is 0 Å². The molecular formula is C17H16ClFN4O3. The molecule has 7 nitrogen and oxygen atoms in total. The van der Waals surface area contributed by atoms with Crippen LogP contribution in [0.4, 0.5) is 10.1 Å². The van der Waals surface area contributed by atoms with E-state index in [1.807, 2.05) is 0 Å². The molecule has 1 saturated heterocycles. The minimum absolute atomic E-state index is 0.00772. The number of nitrogens with zero attached hydrogens (tertiary/aromatic N) is 1. The summed E-state index contributed by atoms with van der Waals surface area (Å²) in [6.45, 7) is 0.589. The lowest BCUT2D eigenvalue weighted by atomic mass is 9.94. The zero-order chi connectivity index (χ0) is 18.7. The van der Waals surface area contributed by atoms with Crippen molar-refractivity contribution in [1.29, 1.82) is 0 Å². The SMILES string of the molecule is O=C(NCc1ccc(F)cc1Cl)C1CNNC1c1ccc([N+](=O)[O-])cc1. The lowest BCUT2D eigenvalue weighted by molar-refractivity contribution is -0.384. The van der Waals surface area contributed by atoms with Crippen LogP contribution in [0.25, 0.3) is 0 Å². The van der Waals surface area contributed by atoms with Crippen molar-refractivity contribution in [1.82, 2.24) is 16.2 Å². The molecular weight excluding hydrogens is 363 g/mol. The second-order valence-corrected chi connectivity index (χ2v) is 6.32. The number of hydrogen-bond donors (Lipinski definition) is 3. The van der Waals surface area contributed by atoms with E-state index in [4.69, 9.17) is 11.6 Å². The summed E-state index contributed by atoms with van der Waals surface area (Å²) in [5, 5.41) is 13.8. The Morgan fingerprint density at radius 3 is 2.69 bits per heavy atom. The van der Waals surface area contributed by atoms with Crippen LogP contribution >= 0.6 is 11.6 Å². The molecule has 136 valence electrons. The molecule has 1 fully saturated rings. The van der Waals surface area contributed by atoms with Crippen molar-refractivity contribution < 1.29 is 14.1 Å². The highest BCUT2D eigenvalue weighted by Crippen LogP contribution is 2.27. The van der Waals surface area contributed by atoms with Crippen molar-refractivity contribution >= 4 is 23.2 Å². The van der Waals surface area contributed by atoms with Crippen molar-refractivity contribution in [2.45, 2.75) is 12.6 Å². The number of nitro groups is 1. The Hall–Kier alpha value is -2.55. The van der Waals surface area contributed by atoms with E-state index in [1.54, 1.807) is 12.1 Å². The maximum absolute atomic E-state index is 13.1. The van der Waals surface area contributed by atoms with Gasteiger partial charge in [0.2, 0.25) is 5.91 Å². The highest BCUT2D eigenvalue weighted by molar-refractivity contribution is 6.31. The van der Waals surface area contributed by atoms with E-state index < -0.39 is 16.7 Å². The van der Waals surface area contributed by atoms with Gasteiger partial charge in [0.25, 0.3) is 5.69 Å². The summed E-state index contributed by atoms with van der Waals surface area (Å²) in [4.78, 5) is 22.8. The topological polar surface area (TPSA) is 96.3 Å². The van der Waals surface area contributed by atoms with E-state index in [0.29, 0.717) is 12.1 Å². The van der Waals surface area contributed by atoms with Crippen LogP contribution in [0, 0.1) is 21.8 Å². The van der Waals surface area contributed by atoms with Crippen molar-refractivity contribution in [3.05, 3.63) is 74.5 Å². The van der Waals surface area contributed by atoms with E-state index in [-0.39, 0.29) is 29.2 Å². The van der Waals surface area contributed by atoms with Crippen LogP contribution in [-0.2, 0) is 11.3 Å². The third-order valence-corrected chi connectivity index (χ3v) is 4.60. The third kappa shape index (κ3) is 3.98. The van der Waals surface area contributed by atoms with Crippen LogP contribution in [0.5, 0.6) is 0 Å². The quantitative estimate of drug-likeness (QED) is 0.548. The van der Waals surface area contributed by atoms with Crippen molar-refractivity contribution in [2.24, 2.45) is 5.92 Å². The molecule has 1 aliphatic heterocycles. The van der Waals surface area contributed by atoms with Gasteiger partial charge < -0.3 is 5.32 Å². The summed E-state index contributed by atoms with van der Waals surface area (Å²) in [6.07, 6.45) is 0. The number of hydrazine groups is 1. The number of benzene rings is 2. The van der Waals surface area contributed by atoms with Crippen LogP contribution in [0.1, 0.15) is 17.2 Å². The fourth-order valence-corrected chi connectivity index (χ4v) is 3.07. The highest BCUT2D eigenvalue weighted by Gasteiger charge is 2.34. The number of carbonyl (C=O) groups is 1. The predicted octanol–water partition coefficient (Wildman–Crippen LogP) is 2.47. The standard InChI is InChI=1S/C17H16ClFN4O3/c18-15-7-12(19)4-1-11(15)8-20-17(24)14-9-21-22-16(14)10-2-5-13(6-3-10)23(25)26/h1-7,14,16,21-22H,8-9H2,(H,20,24). The van der Waals surface area contributed by atoms with Crippen LogP contribution in [-0.4, -0.2) is 17.4 Å². The maximum atomic E-state index is 13.1. The Morgan fingerprint density at radius 1 is 1.31 bits per heavy atom. The Bertz CT molecular complexity index is 831. The fourth-order valence-electron chi connectivity index (χ4n) is 2.84. The molecule has 1 aliphatic rings. The second-order valence-electron chi connectivity index (χ2n) is 5.91. The molecule has 9 heteroatoms. The first-order valence-electron chi connectivity index (χ1n) is 7.90. The van der Waals surface area contributed by atoms with E-state index in [1.165, 1.54) is 30.3 Å². The molecule has 0 saturated carbocycles. The van der Waals surface area contributed by atoms with Crippen LogP contribution in [0.15, 0.2) is 42.5 Å². The number of nitrogens with one attached hydrogen (secondary N) is 3. The van der Waals surface area contributed by atoms with Crippen molar-refractivity contribution in [3.8, 4) is 0 Å². The van der Waals surface area contributed by atoms with Gasteiger partial charge in [-0.05, 0) is 23.3 Å². The predicted molar refractivity (Wildman–Crippen MR) is 93.7 cm³/mol.